The zero-order chi connectivity index (χ0) is 7.72. The van der Waals surface area contributed by atoms with E-state index in [2.05, 4.69) is 5.10 Å². The molecule has 0 unspecified atom stereocenters. The second-order valence-corrected chi connectivity index (χ2v) is 1.64. The number of nitrogen functional groups attached to an aromatic ring is 2. The van der Waals surface area contributed by atoms with Crippen LogP contribution in [-0.2, 0) is 0 Å². The molecule has 1 heterocycles. The van der Waals surface area contributed by atoms with E-state index in [9.17, 15) is 10.1 Å². The lowest BCUT2D eigenvalue weighted by atomic mass is 10.5. The Morgan fingerprint density at radius 3 is 2.60 bits per heavy atom. The van der Waals surface area contributed by atoms with Gasteiger partial charge in [0.2, 0.25) is 5.82 Å². The van der Waals surface area contributed by atoms with Crippen molar-refractivity contribution in [3.05, 3.63) is 16.3 Å². The maximum absolute atomic E-state index is 10.1. The van der Waals surface area contributed by atoms with E-state index in [1.807, 2.05) is 0 Å². The number of hydrogen-bond acceptors (Lipinski definition) is 5. The molecule has 0 bridgehead atoms. The first-order valence-corrected chi connectivity index (χ1v) is 2.36. The van der Waals surface area contributed by atoms with E-state index in [0.717, 1.165) is 11.0 Å². The molecule has 0 saturated heterocycles. The highest BCUT2D eigenvalue weighted by molar-refractivity contribution is 5.50. The van der Waals surface area contributed by atoms with Crippen LogP contribution < -0.4 is 11.6 Å². The highest BCUT2D eigenvalue weighted by Crippen LogP contribution is 2.16. The summed E-state index contributed by atoms with van der Waals surface area (Å²) in [6.07, 6.45) is 1.04. The predicted octanol–water partition coefficient (Wildman–Crippen LogP) is -0.913. The summed E-state index contributed by atoms with van der Waals surface area (Å²) in [5.41, 5.74) is 4.81. The van der Waals surface area contributed by atoms with Crippen molar-refractivity contribution in [1.29, 1.82) is 0 Å². The quantitative estimate of drug-likeness (QED) is 0.300. The van der Waals surface area contributed by atoms with Gasteiger partial charge in [-0.25, -0.2) is 0 Å². The van der Waals surface area contributed by atoms with Crippen LogP contribution in [-0.4, -0.2) is 14.8 Å². The van der Waals surface area contributed by atoms with Crippen molar-refractivity contribution in [2.75, 3.05) is 11.6 Å². The summed E-state index contributed by atoms with van der Waals surface area (Å²) in [7, 11) is 0. The summed E-state index contributed by atoms with van der Waals surface area (Å²) < 4.78 is 0. The topological polar surface area (TPSA) is 113 Å². The molecule has 0 atom stereocenters. The van der Waals surface area contributed by atoms with Crippen LogP contribution in [0.1, 0.15) is 0 Å². The first-order chi connectivity index (χ1) is 4.61. The van der Waals surface area contributed by atoms with Gasteiger partial charge >= 0.3 is 5.69 Å². The molecule has 7 nitrogen and oxygen atoms in total. The first-order valence-electron chi connectivity index (χ1n) is 2.36. The predicted molar refractivity (Wildman–Crippen MR) is 33.4 cm³/mol. The number of rotatable bonds is 1. The smallest absolute Gasteiger partial charge is 0.332 e. The van der Waals surface area contributed by atoms with Crippen LogP contribution in [0.2, 0.25) is 0 Å². The molecule has 0 aliphatic heterocycles. The zero-order valence-electron chi connectivity index (χ0n) is 4.89. The minimum Gasteiger partial charge on any atom is -0.376 e. The number of nitrogens with zero attached hydrogens (tertiary/aromatic N) is 3. The standard InChI is InChI=1S/C3H5N5O2/c4-3-2(8(9)10)1-7(5)6-3/h1H,5H2,(H2,4,6). The third-order valence-electron chi connectivity index (χ3n) is 0.937. The van der Waals surface area contributed by atoms with Gasteiger partial charge in [0.15, 0.2) is 0 Å². The second kappa shape index (κ2) is 1.87. The van der Waals surface area contributed by atoms with Crippen LogP contribution in [0, 0.1) is 10.1 Å². The zero-order valence-corrected chi connectivity index (χ0v) is 4.89. The largest absolute Gasteiger partial charge is 0.376 e. The van der Waals surface area contributed by atoms with Crippen molar-refractivity contribution in [2.45, 2.75) is 0 Å². The third-order valence-corrected chi connectivity index (χ3v) is 0.937. The van der Waals surface area contributed by atoms with Crippen molar-refractivity contribution in [3.63, 3.8) is 0 Å². The fraction of sp³-hybridized carbons (Fsp3) is 0. The van der Waals surface area contributed by atoms with E-state index >= 15 is 0 Å². The normalized spacial score (nSPS) is 9.60. The molecule has 0 spiro atoms. The molecule has 54 valence electrons. The summed E-state index contributed by atoms with van der Waals surface area (Å²) in [4.78, 5) is 10.2. The summed E-state index contributed by atoms with van der Waals surface area (Å²) in [5.74, 6) is 4.86. The maximum Gasteiger partial charge on any atom is 0.332 e. The van der Waals surface area contributed by atoms with Crippen LogP contribution in [0.4, 0.5) is 11.5 Å². The third kappa shape index (κ3) is 0.835. The molecule has 0 aliphatic rings. The molecule has 0 fully saturated rings. The minimum absolute atomic E-state index is 0.174. The molecule has 10 heavy (non-hydrogen) atoms. The van der Waals surface area contributed by atoms with Gasteiger partial charge in [-0.3, -0.25) is 10.1 Å². The first kappa shape index (κ1) is 6.33. The Labute approximate surface area is 55.3 Å². The SMILES string of the molecule is Nc1nn(N)cc1[N+](=O)[O-]. The van der Waals surface area contributed by atoms with E-state index in [1.165, 1.54) is 0 Å². The molecule has 0 aliphatic carbocycles. The summed E-state index contributed by atoms with van der Waals surface area (Å²) in [6.45, 7) is 0. The Kier molecular flexibility index (Phi) is 1.18. The maximum atomic E-state index is 10.1. The van der Waals surface area contributed by atoms with E-state index in [-0.39, 0.29) is 11.5 Å². The highest BCUT2D eigenvalue weighted by Gasteiger charge is 2.14. The molecule has 0 radical (unpaired) electrons. The second-order valence-electron chi connectivity index (χ2n) is 1.64. The molecule has 0 amide bonds. The van der Waals surface area contributed by atoms with Crippen LogP contribution in [0.15, 0.2) is 6.20 Å². The number of nitro groups is 1. The average Bonchev–Trinajstić information content (AvgIpc) is 2.10. The van der Waals surface area contributed by atoms with E-state index in [1.54, 1.807) is 0 Å². The van der Waals surface area contributed by atoms with Crippen LogP contribution >= 0.6 is 0 Å². The fourth-order valence-electron chi connectivity index (χ4n) is 0.537. The molecular formula is C3H5N5O2. The van der Waals surface area contributed by atoms with Crippen molar-refractivity contribution in [2.24, 2.45) is 0 Å². The lowest BCUT2D eigenvalue weighted by Gasteiger charge is -1.81. The van der Waals surface area contributed by atoms with Crippen molar-refractivity contribution in [1.82, 2.24) is 9.89 Å². The van der Waals surface area contributed by atoms with Gasteiger partial charge in [-0.15, -0.1) is 5.10 Å². The summed E-state index contributed by atoms with van der Waals surface area (Å²) in [5, 5.41) is 13.4. The Balaban J connectivity index is 3.15. The van der Waals surface area contributed by atoms with Gasteiger partial charge in [-0.2, -0.15) is 4.79 Å². The van der Waals surface area contributed by atoms with Crippen LogP contribution in [0.5, 0.6) is 0 Å². The average molecular weight is 143 g/mol. The Bertz CT molecular complexity index is 266. The fourth-order valence-corrected chi connectivity index (χ4v) is 0.537. The molecule has 7 heteroatoms. The van der Waals surface area contributed by atoms with Gasteiger partial charge in [0, 0.05) is 0 Å². The lowest BCUT2D eigenvalue weighted by Crippen LogP contribution is -2.08. The minimum atomic E-state index is -0.647. The van der Waals surface area contributed by atoms with Gasteiger partial charge in [-0.1, -0.05) is 0 Å². The summed E-state index contributed by atoms with van der Waals surface area (Å²) in [6, 6.07) is 0. The van der Waals surface area contributed by atoms with Crippen LogP contribution in [0.3, 0.4) is 0 Å². The van der Waals surface area contributed by atoms with Gasteiger partial charge in [0.05, 0.1) is 4.92 Å². The van der Waals surface area contributed by atoms with Gasteiger partial charge < -0.3 is 11.6 Å². The number of anilines is 1. The Morgan fingerprint density at radius 1 is 1.80 bits per heavy atom. The Morgan fingerprint density at radius 2 is 2.40 bits per heavy atom. The molecule has 0 saturated carbocycles. The van der Waals surface area contributed by atoms with Crippen LogP contribution in [0.25, 0.3) is 0 Å². The number of hydrogen-bond donors (Lipinski definition) is 2. The highest BCUT2D eigenvalue weighted by atomic mass is 16.6. The molecule has 1 aromatic heterocycles. The lowest BCUT2D eigenvalue weighted by molar-refractivity contribution is -0.384. The monoisotopic (exact) mass is 143 g/mol. The molecule has 0 aromatic carbocycles. The number of nitrogens with two attached hydrogens (primary N) is 2. The van der Waals surface area contributed by atoms with Crippen molar-refractivity contribution >= 4 is 11.5 Å². The van der Waals surface area contributed by atoms with E-state index in [4.69, 9.17) is 11.6 Å². The van der Waals surface area contributed by atoms with Crippen molar-refractivity contribution < 1.29 is 4.92 Å². The molecule has 4 N–H and O–H groups in total. The van der Waals surface area contributed by atoms with E-state index in [0.29, 0.717) is 0 Å². The molecule has 1 rings (SSSR count). The number of aromatic nitrogens is 2. The van der Waals surface area contributed by atoms with Gasteiger partial charge in [0.1, 0.15) is 6.20 Å². The van der Waals surface area contributed by atoms with E-state index < -0.39 is 4.92 Å². The molecule has 1 aromatic rings. The Hall–Kier alpha value is -1.79. The van der Waals surface area contributed by atoms with Crippen molar-refractivity contribution in [3.8, 4) is 0 Å². The summed E-state index contributed by atoms with van der Waals surface area (Å²) >= 11 is 0. The molecular weight excluding hydrogens is 138 g/mol. The van der Waals surface area contributed by atoms with Gasteiger partial charge in [0.25, 0.3) is 0 Å². The van der Waals surface area contributed by atoms with Gasteiger partial charge in [-0.05, 0) is 0 Å².